The Balaban J connectivity index is 2.74. The van der Waals surface area contributed by atoms with Crippen LogP contribution in [0.4, 0.5) is 0 Å². The number of benzene rings is 1. The predicted octanol–water partition coefficient (Wildman–Crippen LogP) is 3.16. The maximum atomic E-state index is 9.05. The molecule has 14 heavy (non-hydrogen) atoms. The van der Waals surface area contributed by atoms with Gasteiger partial charge in [-0.15, -0.1) is 11.3 Å². The number of halogens is 1. The smallest absolute Gasteiger partial charge is 0.127 e. The van der Waals surface area contributed by atoms with Crippen LogP contribution in [-0.4, -0.2) is 12.2 Å². The van der Waals surface area contributed by atoms with Crippen LogP contribution in [0.25, 0.3) is 10.1 Å². The molecular weight excluding hydrogens is 264 g/mol. The molecule has 0 aliphatic heterocycles. The van der Waals surface area contributed by atoms with Crippen LogP contribution in [-0.2, 0) is 6.61 Å². The number of hydrogen-bond acceptors (Lipinski definition) is 3. The van der Waals surface area contributed by atoms with Crippen LogP contribution in [0.5, 0.6) is 5.75 Å². The molecule has 2 aromatic rings. The second-order valence-corrected chi connectivity index (χ2v) is 4.85. The van der Waals surface area contributed by atoms with Gasteiger partial charge in [-0.25, -0.2) is 0 Å². The van der Waals surface area contributed by atoms with Crippen LogP contribution in [0.3, 0.4) is 0 Å². The summed E-state index contributed by atoms with van der Waals surface area (Å²) in [6.45, 7) is 0.0783. The number of methoxy groups -OCH3 is 1. The summed E-state index contributed by atoms with van der Waals surface area (Å²) in [6.07, 6.45) is 0. The van der Waals surface area contributed by atoms with Gasteiger partial charge >= 0.3 is 0 Å². The third kappa shape index (κ3) is 1.54. The molecular formula is C10H9BrO2S. The molecule has 1 aromatic heterocycles. The van der Waals surface area contributed by atoms with Crippen LogP contribution in [0.15, 0.2) is 22.7 Å². The van der Waals surface area contributed by atoms with Gasteiger partial charge in [0.2, 0.25) is 0 Å². The summed E-state index contributed by atoms with van der Waals surface area (Å²) < 4.78 is 7.40. The molecule has 0 fully saturated rings. The molecule has 0 saturated carbocycles. The summed E-state index contributed by atoms with van der Waals surface area (Å²) in [7, 11) is 1.65. The van der Waals surface area contributed by atoms with Gasteiger partial charge in [-0.3, -0.25) is 0 Å². The second kappa shape index (κ2) is 3.88. The molecule has 1 aromatic carbocycles. The van der Waals surface area contributed by atoms with E-state index in [2.05, 4.69) is 15.9 Å². The van der Waals surface area contributed by atoms with Gasteiger partial charge in [0.25, 0.3) is 0 Å². The largest absolute Gasteiger partial charge is 0.496 e. The standard InChI is InChI=1S/C10H9BrO2S/c1-13-9-3-2-8(11)10-7(9)4-6(5-12)14-10/h2-4,12H,5H2,1H3. The molecule has 0 atom stereocenters. The Morgan fingerprint density at radius 2 is 2.29 bits per heavy atom. The summed E-state index contributed by atoms with van der Waals surface area (Å²) >= 11 is 5.05. The molecule has 0 unspecified atom stereocenters. The highest BCUT2D eigenvalue weighted by Crippen LogP contribution is 2.37. The zero-order valence-electron chi connectivity index (χ0n) is 7.58. The summed E-state index contributed by atoms with van der Waals surface area (Å²) in [4.78, 5) is 0.949. The lowest BCUT2D eigenvalue weighted by Gasteiger charge is -2.01. The first kappa shape index (κ1) is 9.96. The molecule has 0 aliphatic carbocycles. The van der Waals surface area contributed by atoms with Gasteiger partial charge in [0.15, 0.2) is 0 Å². The van der Waals surface area contributed by atoms with Crippen molar-refractivity contribution >= 4 is 37.4 Å². The molecule has 0 radical (unpaired) electrons. The molecule has 4 heteroatoms. The molecule has 74 valence electrons. The van der Waals surface area contributed by atoms with E-state index in [1.54, 1.807) is 18.4 Å². The number of thiophene rings is 1. The molecule has 0 spiro atoms. The molecule has 2 rings (SSSR count). The Kier molecular flexibility index (Phi) is 2.76. The number of aliphatic hydroxyl groups is 1. The number of aliphatic hydroxyl groups excluding tert-OH is 1. The first-order valence-corrected chi connectivity index (χ1v) is 5.73. The zero-order chi connectivity index (χ0) is 10.1. The Morgan fingerprint density at radius 1 is 1.50 bits per heavy atom. The predicted molar refractivity (Wildman–Crippen MR) is 62.0 cm³/mol. The van der Waals surface area contributed by atoms with Gasteiger partial charge in [-0.2, -0.15) is 0 Å². The number of ether oxygens (including phenoxy) is 1. The van der Waals surface area contributed by atoms with Crippen LogP contribution in [0.1, 0.15) is 4.88 Å². The average molecular weight is 273 g/mol. The Morgan fingerprint density at radius 3 is 2.93 bits per heavy atom. The van der Waals surface area contributed by atoms with Crippen LogP contribution in [0.2, 0.25) is 0 Å². The van der Waals surface area contributed by atoms with E-state index in [-0.39, 0.29) is 6.61 Å². The van der Waals surface area contributed by atoms with Crippen LogP contribution < -0.4 is 4.74 Å². The molecule has 0 amide bonds. The van der Waals surface area contributed by atoms with E-state index in [4.69, 9.17) is 9.84 Å². The molecule has 1 N–H and O–H groups in total. The number of fused-ring (bicyclic) bond motifs is 1. The van der Waals surface area contributed by atoms with Crippen molar-refractivity contribution < 1.29 is 9.84 Å². The summed E-state index contributed by atoms with van der Waals surface area (Å²) in [5.74, 6) is 0.846. The van der Waals surface area contributed by atoms with Gasteiger partial charge in [0, 0.05) is 14.7 Å². The maximum Gasteiger partial charge on any atom is 0.127 e. The van der Waals surface area contributed by atoms with E-state index >= 15 is 0 Å². The van der Waals surface area contributed by atoms with Gasteiger partial charge in [-0.05, 0) is 34.1 Å². The quantitative estimate of drug-likeness (QED) is 0.910. The maximum absolute atomic E-state index is 9.05. The molecule has 0 saturated heterocycles. The fourth-order valence-electron chi connectivity index (χ4n) is 1.37. The zero-order valence-corrected chi connectivity index (χ0v) is 9.98. The monoisotopic (exact) mass is 272 g/mol. The number of hydrogen-bond donors (Lipinski definition) is 1. The Labute approximate surface area is 94.3 Å². The van der Waals surface area contributed by atoms with Crippen LogP contribution in [0, 0.1) is 0 Å². The van der Waals surface area contributed by atoms with Crippen LogP contribution >= 0.6 is 27.3 Å². The van der Waals surface area contributed by atoms with E-state index in [9.17, 15) is 0 Å². The summed E-state index contributed by atoms with van der Waals surface area (Å²) in [5, 5.41) is 10.1. The molecule has 2 nitrogen and oxygen atoms in total. The van der Waals surface area contributed by atoms with Gasteiger partial charge in [0.05, 0.1) is 18.4 Å². The van der Waals surface area contributed by atoms with Crippen molar-refractivity contribution in [2.24, 2.45) is 0 Å². The highest BCUT2D eigenvalue weighted by molar-refractivity contribution is 9.10. The van der Waals surface area contributed by atoms with Crippen molar-refractivity contribution in [2.45, 2.75) is 6.61 Å². The first-order valence-electron chi connectivity index (χ1n) is 4.12. The third-order valence-corrected chi connectivity index (χ3v) is 4.10. The summed E-state index contributed by atoms with van der Waals surface area (Å²) in [5.41, 5.74) is 0. The van der Waals surface area contributed by atoms with Crippen molar-refractivity contribution in [1.29, 1.82) is 0 Å². The van der Waals surface area contributed by atoms with E-state index in [0.717, 1.165) is 25.2 Å². The fraction of sp³-hybridized carbons (Fsp3) is 0.200. The minimum Gasteiger partial charge on any atom is -0.496 e. The van der Waals surface area contributed by atoms with Crippen molar-refractivity contribution in [2.75, 3.05) is 7.11 Å². The normalized spacial score (nSPS) is 10.8. The minimum atomic E-state index is 0.0783. The molecule has 1 heterocycles. The van der Waals surface area contributed by atoms with Crippen molar-refractivity contribution in [1.82, 2.24) is 0 Å². The third-order valence-electron chi connectivity index (χ3n) is 2.02. The van der Waals surface area contributed by atoms with Gasteiger partial charge in [0.1, 0.15) is 5.75 Å². The molecule has 0 aliphatic rings. The Hall–Kier alpha value is -0.580. The first-order chi connectivity index (χ1) is 6.76. The van der Waals surface area contributed by atoms with E-state index < -0.39 is 0 Å². The highest BCUT2D eigenvalue weighted by Gasteiger charge is 2.08. The lowest BCUT2D eigenvalue weighted by atomic mass is 10.2. The lowest BCUT2D eigenvalue weighted by Crippen LogP contribution is -1.82. The SMILES string of the molecule is COc1ccc(Br)c2sc(CO)cc12. The van der Waals surface area contributed by atoms with E-state index in [1.807, 2.05) is 18.2 Å². The second-order valence-electron chi connectivity index (χ2n) is 2.86. The van der Waals surface area contributed by atoms with Crippen molar-refractivity contribution in [3.63, 3.8) is 0 Å². The Bertz CT molecular complexity index is 464. The van der Waals surface area contributed by atoms with Crippen molar-refractivity contribution in [3.8, 4) is 5.75 Å². The molecule has 0 bridgehead atoms. The van der Waals surface area contributed by atoms with E-state index in [0.29, 0.717) is 0 Å². The topological polar surface area (TPSA) is 29.5 Å². The van der Waals surface area contributed by atoms with Gasteiger partial charge < -0.3 is 9.84 Å². The number of rotatable bonds is 2. The summed E-state index contributed by atoms with van der Waals surface area (Å²) in [6, 6.07) is 5.84. The van der Waals surface area contributed by atoms with Crippen molar-refractivity contribution in [3.05, 3.63) is 27.5 Å². The van der Waals surface area contributed by atoms with E-state index in [1.165, 1.54) is 0 Å². The minimum absolute atomic E-state index is 0.0783. The van der Waals surface area contributed by atoms with Gasteiger partial charge in [-0.1, -0.05) is 0 Å². The average Bonchev–Trinajstić information content (AvgIpc) is 2.63. The fourth-order valence-corrected chi connectivity index (χ4v) is 2.90. The lowest BCUT2D eigenvalue weighted by molar-refractivity contribution is 0.285. The highest BCUT2D eigenvalue weighted by atomic mass is 79.9.